The number of hydrogen-bond donors (Lipinski definition) is 4. The van der Waals surface area contributed by atoms with Crippen LogP contribution in [-0.2, 0) is 23.1 Å². The Labute approximate surface area is 190 Å². The lowest BCUT2D eigenvalue weighted by Gasteiger charge is -2.35. The van der Waals surface area contributed by atoms with Crippen molar-refractivity contribution in [3.63, 3.8) is 0 Å². The molecule has 1 aliphatic carbocycles. The number of amides is 2. The predicted molar refractivity (Wildman–Crippen MR) is 123 cm³/mol. The number of hydrogen-bond acceptors (Lipinski definition) is 6. The normalized spacial score (nSPS) is 17.9. The maximum atomic E-state index is 12.3. The highest BCUT2D eigenvalue weighted by Gasteiger charge is 2.45. The van der Waals surface area contributed by atoms with Crippen LogP contribution in [0.15, 0.2) is 45.7 Å². The number of benzene rings is 2. The van der Waals surface area contributed by atoms with E-state index in [0.29, 0.717) is 36.3 Å². The quantitative estimate of drug-likeness (QED) is 0.468. The van der Waals surface area contributed by atoms with Crippen molar-refractivity contribution in [1.82, 2.24) is 15.5 Å². The fourth-order valence-electron chi connectivity index (χ4n) is 4.88. The molecule has 0 saturated heterocycles. The lowest BCUT2D eigenvalue weighted by molar-refractivity contribution is -0.114. The van der Waals surface area contributed by atoms with Crippen LogP contribution in [0.3, 0.4) is 0 Å². The van der Waals surface area contributed by atoms with Crippen LogP contribution in [0, 0.1) is 0 Å². The molecule has 9 nitrogen and oxygen atoms in total. The monoisotopic (exact) mass is 449 g/mol. The maximum absolute atomic E-state index is 12.3. The summed E-state index contributed by atoms with van der Waals surface area (Å²) < 4.78 is 4.93. The van der Waals surface area contributed by atoms with Gasteiger partial charge >= 0.3 is 5.76 Å². The molecule has 0 saturated carbocycles. The SMILES string of the molecule is CNC(=O)c1ccc2c(c1)CCc1cc(NC(C)=O)ccc1C2(C[C@@H](C)N)c1noc(=O)[nH]1. The molecule has 3 aromatic rings. The van der Waals surface area contributed by atoms with Gasteiger partial charge in [0.25, 0.3) is 5.91 Å². The average molecular weight is 450 g/mol. The van der Waals surface area contributed by atoms with Crippen molar-refractivity contribution in [2.24, 2.45) is 5.73 Å². The number of carbonyl (C=O) groups excluding carboxylic acids is 2. The zero-order valence-corrected chi connectivity index (χ0v) is 18.8. The highest BCUT2D eigenvalue weighted by Crippen LogP contribution is 2.47. The van der Waals surface area contributed by atoms with Gasteiger partial charge in [-0.1, -0.05) is 17.3 Å². The van der Waals surface area contributed by atoms with Crippen molar-refractivity contribution < 1.29 is 14.1 Å². The van der Waals surface area contributed by atoms with Crippen molar-refractivity contribution in [3.05, 3.63) is 80.6 Å². The van der Waals surface area contributed by atoms with Gasteiger partial charge < -0.3 is 16.4 Å². The summed E-state index contributed by atoms with van der Waals surface area (Å²) in [5.41, 5.74) is 10.4. The van der Waals surface area contributed by atoms with Crippen LogP contribution in [0.1, 0.15) is 58.7 Å². The zero-order valence-electron chi connectivity index (χ0n) is 18.8. The van der Waals surface area contributed by atoms with Gasteiger partial charge in [-0.15, -0.1) is 0 Å². The molecular formula is C24H27N5O4. The number of nitrogens with two attached hydrogens (primary N) is 1. The van der Waals surface area contributed by atoms with Gasteiger partial charge in [0.1, 0.15) is 0 Å². The molecule has 33 heavy (non-hydrogen) atoms. The molecule has 0 fully saturated rings. The van der Waals surface area contributed by atoms with E-state index in [9.17, 15) is 14.4 Å². The Hall–Kier alpha value is -3.72. The predicted octanol–water partition coefficient (Wildman–Crippen LogP) is 1.85. The molecule has 1 aromatic heterocycles. The van der Waals surface area contributed by atoms with Gasteiger partial charge in [-0.05, 0) is 72.7 Å². The summed E-state index contributed by atoms with van der Waals surface area (Å²) >= 11 is 0. The molecule has 9 heteroatoms. The third-order valence-electron chi connectivity index (χ3n) is 6.08. The number of carbonyl (C=O) groups is 2. The molecule has 0 aliphatic heterocycles. The number of nitrogens with one attached hydrogen (secondary N) is 3. The number of nitrogens with zero attached hydrogens (tertiary/aromatic N) is 1. The minimum atomic E-state index is -0.905. The Kier molecular flexibility index (Phi) is 5.90. The fraction of sp³-hybridized carbons (Fsp3) is 0.333. The lowest BCUT2D eigenvalue weighted by Crippen LogP contribution is -2.38. The van der Waals surface area contributed by atoms with Crippen molar-refractivity contribution in [3.8, 4) is 0 Å². The van der Waals surface area contributed by atoms with Crippen molar-refractivity contribution >= 4 is 17.5 Å². The van der Waals surface area contributed by atoms with Crippen molar-refractivity contribution in [1.29, 1.82) is 0 Å². The first-order chi connectivity index (χ1) is 15.7. The van der Waals surface area contributed by atoms with E-state index in [0.717, 1.165) is 22.3 Å². The summed E-state index contributed by atoms with van der Waals surface area (Å²) in [7, 11) is 1.59. The molecule has 1 heterocycles. The molecule has 1 aliphatic rings. The highest BCUT2D eigenvalue weighted by molar-refractivity contribution is 5.94. The van der Waals surface area contributed by atoms with E-state index in [2.05, 4.69) is 20.8 Å². The molecule has 2 atom stereocenters. The summed E-state index contributed by atoms with van der Waals surface area (Å²) in [6, 6.07) is 11.0. The minimum absolute atomic E-state index is 0.162. The van der Waals surface area contributed by atoms with E-state index in [1.54, 1.807) is 13.1 Å². The maximum Gasteiger partial charge on any atom is 0.438 e. The van der Waals surface area contributed by atoms with E-state index >= 15 is 0 Å². The van der Waals surface area contributed by atoms with Gasteiger partial charge in [-0.2, -0.15) is 0 Å². The minimum Gasteiger partial charge on any atom is -0.355 e. The number of aromatic nitrogens is 2. The van der Waals surface area contributed by atoms with Gasteiger partial charge in [-0.25, -0.2) is 4.79 Å². The van der Waals surface area contributed by atoms with E-state index in [-0.39, 0.29) is 17.9 Å². The molecule has 0 radical (unpaired) electrons. The second kappa shape index (κ2) is 8.67. The van der Waals surface area contributed by atoms with Gasteiger partial charge in [0.2, 0.25) is 5.91 Å². The van der Waals surface area contributed by atoms with Crippen molar-refractivity contribution in [2.45, 2.75) is 44.6 Å². The van der Waals surface area contributed by atoms with Crippen LogP contribution in [0.5, 0.6) is 0 Å². The molecule has 0 bridgehead atoms. The van der Waals surface area contributed by atoms with Gasteiger partial charge in [0.05, 0.1) is 5.41 Å². The number of aromatic amines is 1. The third kappa shape index (κ3) is 4.07. The van der Waals surface area contributed by atoms with Crippen molar-refractivity contribution in [2.75, 3.05) is 12.4 Å². The third-order valence-corrected chi connectivity index (χ3v) is 6.08. The van der Waals surface area contributed by atoms with Gasteiger partial charge in [0, 0.05) is 31.3 Å². The smallest absolute Gasteiger partial charge is 0.355 e. The topological polar surface area (TPSA) is 143 Å². The Morgan fingerprint density at radius 2 is 1.85 bits per heavy atom. The Bertz CT molecular complexity index is 1280. The van der Waals surface area contributed by atoms with E-state index in [4.69, 9.17) is 10.3 Å². The summed E-state index contributed by atoms with van der Waals surface area (Å²) in [6.07, 6.45) is 1.75. The van der Waals surface area contributed by atoms with E-state index < -0.39 is 11.2 Å². The van der Waals surface area contributed by atoms with Crippen LogP contribution < -0.4 is 22.1 Å². The summed E-state index contributed by atoms with van der Waals surface area (Å²) in [4.78, 5) is 38.7. The summed E-state index contributed by atoms with van der Waals surface area (Å²) in [6.45, 7) is 3.36. The van der Waals surface area contributed by atoms with Crippen LogP contribution in [0.4, 0.5) is 5.69 Å². The Morgan fingerprint density at radius 1 is 1.18 bits per heavy atom. The van der Waals surface area contributed by atoms with Crippen LogP contribution >= 0.6 is 0 Å². The number of fused-ring (bicyclic) bond motifs is 2. The van der Waals surface area contributed by atoms with Crippen LogP contribution in [-0.4, -0.2) is 35.0 Å². The molecule has 1 unspecified atom stereocenters. The van der Waals surface area contributed by atoms with Crippen LogP contribution in [0.2, 0.25) is 0 Å². The fourth-order valence-corrected chi connectivity index (χ4v) is 4.88. The van der Waals surface area contributed by atoms with Gasteiger partial charge in [0.15, 0.2) is 5.82 Å². The van der Waals surface area contributed by atoms with E-state index in [1.165, 1.54) is 6.92 Å². The average Bonchev–Trinajstić information content (AvgIpc) is 3.16. The Morgan fingerprint density at radius 3 is 2.42 bits per heavy atom. The van der Waals surface area contributed by atoms with Crippen LogP contribution in [0.25, 0.3) is 0 Å². The molecule has 4 rings (SSSR count). The molecular weight excluding hydrogens is 422 g/mol. The molecule has 2 aromatic carbocycles. The second-order valence-electron chi connectivity index (χ2n) is 8.53. The zero-order chi connectivity index (χ0) is 23.8. The summed E-state index contributed by atoms with van der Waals surface area (Å²) in [5.74, 6) is -0.641. The molecule has 5 N–H and O–H groups in total. The van der Waals surface area contributed by atoms with Gasteiger partial charge in [-0.3, -0.25) is 19.1 Å². The second-order valence-corrected chi connectivity index (χ2v) is 8.53. The Balaban J connectivity index is 2.03. The molecule has 172 valence electrons. The number of aryl methyl sites for hydroxylation is 2. The first kappa shape index (κ1) is 22.5. The lowest BCUT2D eigenvalue weighted by atomic mass is 9.68. The first-order valence-electron chi connectivity index (χ1n) is 10.8. The highest BCUT2D eigenvalue weighted by atomic mass is 16.5. The first-order valence-corrected chi connectivity index (χ1v) is 10.8. The standard InChI is InChI=1S/C24H27N5O4/c1-13(25)12-24(22-28-23(32)33-29-22)19-8-6-17(21(31)26-3)10-15(19)4-5-16-11-18(27-14(2)30)7-9-20(16)24/h6-11,13H,4-5,12,25H2,1-3H3,(H,26,31)(H,27,30)(H,28,29,32)/t13-,24?/m1/s1. The summed E-state index contributed by atoms with van der Waals surface area (Å²) in [5, 5.41) is 9.59. The molecule has 2 amide bonds. The van der Waals surface area contributed by atoms with E-state index in [1.807, 2.05) is 37.3 Å². The largest absolute Gasteiger partial charge is 0.438 e. The number of H-pyrrole nitrogens is 1. The molecule has 0 spiro atoms. The number of rotatable bonds is 5. The number of anilines is 1.